The maximum atomic E-state index is 11.8. The SMILES string of the molecule is Nc1ccc(CCC(=O)N2CCC2=O)cc1.O=C(O)COCC(=O)Nc1ccc(CCC(=O)N2CCC2=O)cc1.O=C1COCC(=O)O1. The number of nitrogens with one attached hydrogen (secondary N) is 1. The highest BCUT2D eigenvalue weighted by atomic mass is 16.6. The number of β-lactam (4-membered cyclic amide) rings is 2. The first-order valence-electron chi connectivity index (χ1n) is 14.9. The average molecular weight is 669 g/mol. The van der Waals surface area contributed by atoms with Crippen molar-refractivity contribution in [3.05, 3.63) is 59.7 Å². The number of aliphatic carboxylic acids is 1. The first kappa shape index (κ1) is 37.0. The minimum atomic E-state index is -1.14. The van der Waals surface area contributed by atoms with Crippen LogP contribution in [0.2, 0.25) is 0 Å². The predicted octanol–water partition coefficient (Wildman–Crippen LogP) is 0.465. The lowest BCUT2D eigenvalue weighted by molar-refractivity contribution is -0.174. The predicted molar refractivity (Wildman–Crippen MR) is 166 cm³/mol. The molecule has 0 aromatic heterocycles. The second-order valence-electron chi connectivity index (χ2n) is 10.6. The Hall–Kier alpha value is -5.48. The maximum absolute atomic E-state index is 11.8. The van der Waals surface area contributed by atoms with Crippen molar-refractivity contribution in [1.29, 1.82) is 0 Å². The molecule has 0 unspecified atom stereocenters. The Labute approximate surface area is 275 Å². The van der Waals surface area contributed by atoms with E-state index in [1.807, 2.05) is 24.3 Å². The third kappa shape index (κ3) is 12.7. The molecule has 3 aliphatic rings. The molecule has 0 spiro atoms. The van der Waals surface area contributed by atoms with Crippen LogP contribution in [0.15, 0.2) is 48.5 Å². The molecule has 3 heterocycles. The van der Waals surface area contributed by atoms with Gasteiger partial charge in [0.1, 0.15) is 26.4 Å². The van der Waals surface area contributed by atoms with E-state index >= 15 is 0 Å². The molecule has 16 heteroatoms. The molecule has 0 radical (unpaired) electrons. The first-order chi connectivity index (χ1) is 22.9. The number of nitrogens with zero attached hydrogens (tertiary/aromatic N) is 2. The van der Waals surface area contributed by atoms with Crippen molar-refractivity contribution in [2.75, 3.05) is 50.6 Å². The number of carbonyl (C=O) groups excluding carboxylic acids is 7. The van der Waals surface area contributed by atoms with Gasteiger partial charge in [-0.15, -0.1) is 0 Å². The Bertz CT molecular complexity index is 1490. The van der Waals surface area contributed by atoms with Crippen molar-refractivity contribution >= 4 is 58.8 Å². The molecular formula is C32H36N4O12. The summed E-state index contributed by atoms with van der Waals surface area (Å²) in [6, 6.07) is 14.4. The number of carboxylic acid groups (broad SMARTS) is 1. The van der Waals surface area contributed by atoms with Crippen molar-refractivity contribution in [3.8, 4) is 0 Å². The smallest absolute Gasteiger partial charge is 0.339 e. The van der Waals surface area contributed by atoms with E-state index < -0.39 is 30.4 Å². The molecule has 4 N–H and O–H groups in total. The quantitative estimate of drug-likeness (QED) is 0.128. The first-order valence-corrected chi connectivity index (χ1v) is 14.9. The molecule has 5 rings (SSSR count). The van der Waals surface area contributed by atoms with Crippen LogP contribution in [0.1, 0.15) is 36.8 Å². The number of likely N-dealkylation sites (tertiary alicyclic amines) is 2. The average Bonchev–Trinajstić information content (AvgIpc) is 3.03. The molecule has 256 valence electrons. The van der Waals surface area contributed by atoms with E-state index in [1.165, 1.54) is 9.80 Å². The zero-order valence-electron chi connectivity index (χ0n) is 26.0. The van der Waals surface area contributed by atoms with Crippen LogP contribution >= 0.6 is 0 Å². The fourth-order valence-corrected chi connectivity index (χ4v) is 4.20. The minimum Gasteiger partial charge on any atom is -0.480 e. The highest BCUT2D eigenvalue weighted by molar-refractivity contribution is 6.00. The number of cyclic esters (lactones) is 2. The summed E-state index contributed by atoms with van der Waals surface area (Å²) in [5.74, 6) is -3.22. The lowest BCUT2D eigenvalue weighted by Crippen LogP contribution is -2.47. The molecule has 0 atom stereocenters. The zero-order chi connectivity index (χ0) is 35.1. The van der Waals surface area contributed by atoms with Crippen LogP contribution in [0.5, 0.6) is 0 Å². The number of carbonyl (C=O) groups is 8. The van der Waals surface area contributed by atoms with Gasteiger partial charge in [-0.3, -0.25) is 33.8 Å². The summed E-state index contributed by atoms with van der Waals surface area (Å²) in [4.78, 5) is 90.1. The number of amides is 5. The molecule has 0 saturated carbocycles. The van der Waals surface area contributed by atoms with Gasteiger partial charge in [0.05, 0.1) is 0 Å². The minimum absolute atomic E-state index is 0.0534. The van der Waals surface area contributed by atoms with Gasteiger partial charge in [-0.1, -0.05) is 24.3 Å². The lowest BCUT2D eigenvalue weighted by Gasteiger charge is -2.28. The second-order valence-corrected chi connectivity index (χ2v) is 10.6. The molecule has 3 fully saturated rings. The fourth-order valence-electron chi connectivity index (χ4n) is 4.20. The molecule has 0 bridgehead atoms. The van der Waals surface area contributed by atoms with Crippen LogP contribution in [0.25, 0.3) is 0 Å². The van der Waals surface area contributed by atoms with E-state index in [0.717, 1.165) is 11.1 Å². The molecular weight excluding hydrogens is 632 g/mol. The number of nitrogen functional groups attached to an aromatic ring is 1. The number of rotatable bonds is 11. The number of imide groups is 2. The second kappa shape index (κ2) is 18.6. The summed E-state index contributed by atoms with van der Waals surface area (Å²) in [6.07, 6.45) is 2.77. The number of hydrogen-bond acceptors (Lipinski definition) is 12. The van der Waals surface area contributed by atoms with E-state index in [1.54, 1.807) is 24.3 Å². The molecule has 48 heavy (non-hydrogen) atoms. The summed E-state index contributed by atoms with van der Waals surface area (Å²) in [6.45, 7) is 0.00972. The van der Waals surface area contributed by atoms with Gasteiger partial charge in [0.15, 0.2) is 0 Å². The van der Waals surface area contributed by atoms with Gasteiger partial charge >= 0.3 is 17.9 Å². The number of aryl methyl sites for hydroxylation is 2. The maximum Gasteiger partial charge on any atom is 0.339 e. The normalized spacial score (nSPS) is 15.0. The molecule has 3 aliphatic heterocycles. The van der Waals surface area contributed by atoms with E-state index in [0.29, 0.717) is 56.6 Å². The van der Waals surface area contributed by atoms with Gasteiger partial charge in [-0.05, 0) is 48.2 Å². The van der Waals surface area contributed by atoms with Crippen LogP contribution in [-0.4, -0.2) is 102 Å². The molecule has 16 nitrogen and oxygen atoms in total. The summed E-state index contributed by atoms with van der Waals surface area (Å²) in [7, 11) is 0. The van der Waals surface area contributed by atoms with E-state index in [9.17, 15) is 38.4 Å². The number of carboxylic acids is 1. The van der Waals surface area contributed by atoms with Crippen LogP contribution in [0.3, 0.4) is 0 Å². The number of ether oxygens (including phenoxy) is 3. The fraction of sp³-hybridized carbons (Fsp3) is 0.375. The summed E-state index contributed by atoms with van der Waals surface area (Å²) in [5.41, 5.74) is 8.80. The Kier molecular flexibility index (Phi) is 14.3. The van der Waals surface area contributed by atoms with E-state index in [2.05, 4.69) is 19.5 Å². The Morgan fingerprint density at radius 2 is 1.23 bits per heavy atom. The number of hydrogen-bond donors (Lipinski definition) is 3. The van der Waals surface area contributed by atoms with Crippen LogP contribution in [-0.2, 0) is 65.4 Å². The zero-order valence-corrected chi connectivity index (χ0v) is 26.0. The van der Waals surface area contributed by atoms with Gasteiger partial charge in [0.25, 0.3) is 0 Å². The third-order valence-corrected chi connectivity index (χ3v) is 6.90. The summed E-state index contributed by atoms with van der Waals surface area (Å²) >= 11 is 0. The van der Waals surface area contributed by atoms with E-state index in [-0.39, 0.29) is 49.9 Å². The van der Waals surface area contributed by atoms with Crippen LogP contribution in [0, 0.1) is 0 Å². The number of anilines is 2. The third-order valence-electron chi connectivity index (χ3n) is 6.90. The molecule has 2 aromatic carbocycles. The van der Waals surface area contributed by atoms with Crippen molar-refractivity contribution in [3.63, 3.8) is 0 Å². The van der Waals surface area contributed by atoms with Gasteiger partial charge in [-0.2, -0.15) is 0 Å². The number of esters is 2. The van der Waals surface area contributed by atoms with Crippen LogP contribution < -0.4 is 11.1 Å². The van der Waals surface area contributed by atoms with Crippen molar-refractivity contribution in [1.82, 2.24) is 9.80 Å². The molecule has 5 amide bonds. The van der Waals surface area contributed by atoms with E-state index in [4.69, 9.17) is 10.8 Å². The lowest BCUT2D eigenvalue weighted by atomic mass is 10.1. The highest BCUT2D eigenvalue weighted by Crippen LogP contribution is 2.15. The Morgan fingerprint density at radius 3 is 1.60 bits per heavy atom. The summed E-state index contributed by atoms with van der Waals surface area (Å²) in [5, 5.41) is 11.0. The molecule has 0 aliphatic carbocycles. The Balaban J connectivity index is 0.000000222. The topological polar surface area (TPSA) is 229 Å². The monoisotopic (exact) mass is 668 g/mol. The van der Waals surface area contributed by atoms with Gasteiger partial charge in [-0.25, -0.2) is 14.4 Å². The Morgan fingerprint density at radius 1 is 0.750 bits per heavy atom. The van der Waals surface area contributed by atoms with Gasteiger partial charge < -0.3 is 30.4 Å². The standard InChI is InChI=1S/C16H18N2O6.C12H14N2O2.C4H4O4/c19-13(9-24-10-16(22)23)17-12-4-1-11(2-5-12)3-6-14(20)18-8-7-15(18)21;13-10-4-1-9(2-5-10)3-6-11(15)14-8-7-12(14)16;5-3-1-7-2-4(6)8-3/h1-2,4-5H,3,6-10H2,(H,17,19)(H,22,23);1-2,4-5H,3,6-8,13H2;1-2H2. The molecule has 2 aromatic rings. The van der Waals surface area contributed by atoms with Gasteiger partial charge in [0, 0.05) is 50.1 Å². The molecule has 3 saturated heterocycles. The van der Waals surface area contributed by atoms with Crippen LogP contribution in [0.4, 0.5) is 11.4 Å². The van der Waals surface area contributed by atoms with Crippen molar-refractivity contribution in [2.24, 2.45) is 0 Å². The largest absolute Gasteiger partial charge is 0.480 e. The number of nitrogens with two attached hydrogens (primary N) is 1. The highest BCUT2D eigenvalue weighted by Gasteiger charge is 2.30. The summed E-state index contributed by atoms with van der Waals surface area (Å²) < 4.78 is 13.2. The van der Waals surface area contributed by atoms with Crippen molar-refractivity contribution < 1.29 is 57.7 Å². The van der Waals surface area contributed by atoms with Gasteiger partial charge in [0.2, 0.25) is 29.5 Å². The van der Waals surface area contributed by atoms with Crippen molar-refractivity contribution in [2.45, 2.75) is 38.5 Å². The number of benzene rings is 2.